The summed E-state index contributed by atoms with van der Waals surface area (Å²) < 4.78 is 5.89. The summed E-state index contributed by atoms with van der Waals surface area (Å²) in [7, 11) is 0. The summed E-state index contributed by atoms with van der Waals surface area (Å²) in [4.78, 5) is 0. The van der Waals surface area contributed by atoms with Crippen molar-refractivity contribution < 1.29 is 9.84 Å². The molecule has 1 N–H and O–H groups in total. The molecule has 2 atom stereocenters. The van der Waals surface area contributed by atoms with E-state index in [1.165, 1.54) is 0 Å². The van der Waals surface area contributed by atoms with Crippen LogP contribution in [0, 0.1) is 0 Å². The van der Waals surface area contributed by atoms with E-state index in [1.807, 2.05) is 17.5 Å². The molecule has 88 valence electrons. The van der Waals surface area contributed by atoms with Gasteiger partial charge in [-0.25, -0.2) is 0 Å². The third kappa shape index (κ3) is 2.06. The van der Waals surface area contributed by atoms with Crippen molar-refractivity contribution in [2.24, 2.45) is 0 Å². The number of halogens is 1. The highest BCUT2D eigenvalue weighted by Crippen LogP contribution is 2.41. The van der Waals surface area contributed by atoms with Gasteiger partial charge in [0, 0.05) is 22.6 Å². The van der Waals surface area contributed by atoms with Crippen LogP contribution >= 0.6 is 22.9 Å². The van der Waals surface area contributed by atoms with Gasteiger partial charge in [-0.2, -0.15) is 11.3 Å². The molecule has 1 aliphatic rings. The van der Waals surface area contributed by atoms with Crippen LogP contribution in [0.1, 0.15) is 29.8 Å². The number of aliphatic hydroxyl groups is 1. The lowest BCUT2D eigenvalue weighted by Crippen LogP contribution is -2.18. The molecule has 2 nitrogen and oxygen atoms in total. The summed E-state index contributed by atoms with van der Waals surface area (Å²) in [5, 5.41) is 14.8. The van der Waals surface area contributed by atoms with Gasteiger partial charge in [-0.05, 0) is 35.0 Å². The van der Waals surface area contributed by atoms with Crippen molar-refractivity contribution in [1.29, 1.82) is 0 Å². The molecule has 0 radical (unpaired) electrons. The van der Waals surface area contributed by atoms with E-state index >= 15 is 0 Å². The van der Waals surface area contributed by atoms with Gasteiger partial charge in [0.2, 0.25) is 0 Å². The van der Waals surface area contributed by atoms with Crippen LogP contribution in [0.3, 0.4) is 0 Å². The number of aliphatic hydroxyl groups excluding tert-OH is 1. The summed E-state index contributed by atoms with van der Waals surface area (Å²) in [6.07, 6.45) is -0.00311. The molecule has 0 spiro atoms. The molecule has 2 heterocycles. The van der Waals surface area contributed by atoms with Crippen molar-refractivity contribution >= 4 is 22.9 Å². The number of hydrogen-bond donors (Lipinski definition) is 1. The second-order valence-corrected chi connectivity index (χ2v) is 5.31. The van der Waals surface area contributed by atoms with E-state index in [-0.39, 0.29) is 6.10 Å². The predicted molar refractivity (Wildman–Crippen MR) is 68.7 cm³/mol. The standard InChI is InChI=1S/C13H11ClO2S/c14-9-1-2-12-10(5-9)11(15)6-13(16-12)8-3-4-17-7-8/h1-5,7,11,13,15H,6H2. The number of rotatable bonds is 1. The molecule has 4 heteroatoms. The Bertz CT molecular complexity index is 524. The lowest BCUT2D eigenvalue weighted by Gasteiger charge is -2.29. The van der Waals surface area contributed by atoms with E-state index in [2.05, 4.69) is 5.38 Å². The summed E-state index contributed by atoms with van der Waals surface area (Å²) in [5.41, 5.74) is 1.90. The van der Waals surface area contributed by atoms with Crippen molar-refractivity contribution in [3.8, 4) is 5.75 Å². The molecule has 0 amide bonds. The number of fused-ring (bicyclic) bond motifs is 1. The minimum Gasteiger partial charge on any atom is -0.485 e. The fraction of sp³-hybridized carbons (Fsp3) is 0.231. The molecule has 0 saturated carbocycles. The zero-order chi connectivity index (χ0) is 11.8. The van der Waals surface area contributed by atoms with E-state index in [1.54, 1.807) is 23.5 Å². The van der Waals surface area contributed by atoms with Crippen LogP contribution in [0.2, 0.25) is 5.02 Å². The first kappa shape index (κ1) is 11.1. The topological polar surface area (TPSA) is 29.5 Å². The number of thiophene rings is 1. The highest BCUT2D eigenvalue weighted by atomic mass is 35.5. The fourth-order valence-corrected chi connectivity index (χ4v) is 2.96. The molecule has 0 bridgehead atoms. The molecule has 2 unspecified atom stereocenters. The van der Waals surface area contributed by atoms with Crippen LogP contribution in [0.5, 0.6) is 5.75 Å². The summed E-state index contributed by atoms with van der Waals surface area (Å²) >= 11 is 7.55. The third-order valence-electron chi connectivity index (χ3n) is 2.95. The number of ether oxygens (including phenoxy) is 1. The first-order valence-electron chi connectivity index (χ1n) is 5.40. The van der Waals surface area contributed by atoms with Gasteiger partial charge in [0.05, 0.1) is 6.10 Å². The second kappa shape index (κ2) is 4.33. The Balaban J connectivity index is 1.96. The van der Waals surface area contributed by atoms with Gasteiger partial charge in [-0.1, -0.05) is 11.6 Å². The van der Waals surface area contributed by atoms with Gasteiger partial charge >= 0.3 is 0 Å². The minimum absolute atomic E-state index is 0.0649. The van der Waals surface area contributed by atoms with Gasteiger partial charge in [0.1, 0.15) is 11.9 Å². The molecular formula is C13H11ClO2S. The lowest BCUT2D eigenvalue weighted by molar-refractivity contribution is 0.0659. The van der Waals surface area contributed by atoms with Gasteiger partial charge in [0.25, 0.3) is 0 Å². The molecular weight excluding hydrogens is 256 g/mol. The first-order valence-corrected chi connectivity index (χ1v) is 6.72. The Kier molecular flexibility index (Phi) is 2.82. The highest BCUT2D eigenvalue weighted by molar-refractivity contribution is 7.07. The quantitative estimate of drug-likeness (QED) is 0.847. The lowest BCUT2D eigenvalue weighted by atomic mass is 9.96. The second-order valence-electron chi connectivity index (χ2n) is 4.10. The van der Waals surface area contributed by atoms with Crippen LogP contribution in [-0.4, -0.2) is 5.11 Å². The minimum atomic E-state index is -0.512. The first-order chi connectivity index (χ1) is 8.24. The van der Waals surface area contributed by atoms with E-state index in [0.717, 1.165) is 16.9 Å². The Hall–Kier alpha value is -1.03. The third-order valence-corrected chi connectivity index (χ3v) is 3.89. The van der Waals surface area contributed by atoms with E-state index < -0.39 is 6.10 Å². The molecule has 1 aliphatic heterocycles. The van der Waals surface area contributed by atoms with Crippen LogP contribution in [0.4, 0.5) is 0 Å². The van der Waals surface area contributed by atoms with Crippen molar-refractivity contribution in [2.75, 3.05) is 0 Å². The van der Waals surface area contributed by atoms with Crippen LogP contribution in [-0.2, 0) is 0 Å². The van der Waals surface area contributed by atoms with Crippen molar-refractivity contribution in [3.05, 3.63) is 51.2 Å². The van der Waals surface area contributed by atoms with Crippen molar-refractivity contribution in [1.82, 2.24) is 0 Å². The molecule has 2 aromatic rings. The van der Waals surface area contributed by atoms with Gasteiger partial charge in [-0.15, -0.1) is 0 Å². The maximum absolute atomic E-state index is 10.1. The molecule has 0 aliphatic carbocycles. The van der Waals surface area contributed by atoms with Crippen LogP contribution < -0.4 is 4.74 Å². The molecule has 17 heavy (non-hydrogen) atoms. The zero-order valence-electron chi connectivity index (χ0n) is 8.97. The Morgan fingerprint density at radius 3 is 3.00 bits per heavy atom. The Morgan fingerprint density at radius 1 is 1.35 bits per heavy atom. The van der Waals surface area contributed by atoms with E-state index in [4.69, 9.17) is 16.3 Å². The summed E-state index contributed by atoms with van der Waals surface area (Å²) in [6.45, 7) is 0. The number of benzene rings is 1. The highest BCUT2D eigenvalue weighted by Gasteiger charge is 2.28. The predicted octanol–water partition coefficient (Wildman–Crippen LogP) is 3.96. The molecule has 1 aromatic heterocycles. The summed E-state index contributed by atoms with van der Waals surface area (Å²) in [5.74, 6) is 0.726. The normalized spacial score (nSPS) is 22.9. The maximum Gasteiger partial charge on any atom is 0.127 e. The Labute approximate surface area is 108 Å². The Morgan fingerprint density at radius 2 is 2.24 bits per heavy atom. The van der Waals surface area contributed by atoms with Gasteiger partial charge in [0.15, 0.2) is 0 Å². The van der Waals surface area contributed by atoms with E-state index in [9.17, 15) is 5.11 Å². The van der Waals surface area contributed by atoms with Crippen LogP contribution in [0.25, 0.3) is 0 Å². The number of hydrogen-bond acceptors (Lipinski definition) is 3. The monoisotopic (exact) mass is 266 g/mol. The molecule has 1 aromatic carbocycles. The van der Waals surface area contributed by atoms with E-state index in [0.29, 0.717) is 11.4 Å². The largest absolute Gasteiger partial charge is 0.485 e. The fourth-order valence-electron chi connectivity index (χ4n) is 2.08. The van der Waals surface area contributed by atoms with Crippen molar-refractivity contribution in [2.45, 2.75) is 18.6 Å². The summed E-state index contributed by atoms with van der Waals surface area (Å²) in [6, 6.07) is 7.40. The molecule has 3 rings (SSSR count). The zero-order valence-corrected chi connectivity index (χ0v) is 10.5. The molecule has 0 saturated heterocycles. The average molecular weight is 267 g/mol. The van der Waals surface area contributed by atoms with Gasteiger partial charge in [-0.3, -0.25) is 0 Å². The van der Waals surface area contributed by atoms with Crippen molar-refractivity contribution in [3.63, 3.8) is 0 Å². The SMILES string of the molecule is OC1CC(c2ccsc2)Oc2ccc(Cl)cc21. The maximum atomic E-state index is 10.1. The molecule has 0 fully saturated rings. The van der Waals surface area contributed by atoms with Crippen LogP contribution in [0.15, 0.2) is 35.0 Å². The smallest absolute Gasteiger partial charge is 0.127 e. The average Bonchev–Trinajstić information content (AvgIpc) is 2.83. The van der Waals surface area contributed by atoms with Gasteiger partial charge < -0.3 is 9.84 Å².